The van der Waals surface area contributed by atoms with Crippen LogP contribution in [0.15, 0.2) is 30.6 Å². The highest BCUT2D eigenvalue weighted by Crippen LogP contribution is 2.55. The molecule has 1 aliphatic carbocycles. The fourth-order valence-corrected chi connectivity index (χ4v) is 6.83. The van der Waals surface area contributed by atoms with E-state index >= 15 is 4.39 Å². The van der Waals surface area contributed by atoms with Crippen LogP contribution in [0.25, 0.3) is 22.0 Å². The van der Waals surface area contributed by atoms with Gasteiger partial charge >= 0.3 is 0 Å². The largest absolute Gasteiger partial charge is 0.476 e. The molecule has 9 nitrogen and oxygen atoms in total. The van der Waals surface area contributed by atoms with Gasteiger partial charge in [0.1, 0.15) is 17.7 Å². The number of benzene rings is 1. The van der Waals surface area contributed by atoms with Gasteiger partial charge in [-0.3, -0.25) is 14.5 Å². The SMILES string of the molecule is CN1C(=O)C2(CCC2)c2c1cnc1cc(F)c(-c3cnc(OCCCN4CCC(F)CC4)c(NS(C)(=O)=O)c3)cc21. The lowest BCUT2D eigenvalue weighted by Gasteiger charge is -2.37. The number of nitrogens with one attached hydrogen (secondary N) is 1. The zero-order valence-electron chi connectivity index (χ0n) is 23.1. The molecule has 3 aliphatic rings. The zero-order chi connectivity index (χ0) is 28.9. The van der Waals surface area contributed by atoms with Crippen LogP contribution in [0.2, 0.25) is 0 Å². The van der Waals surface area contributed by atoms with Crippen LogP contribution in [0.5, 0.6) is 5.88 Å². The molecule has 1 spiro atoms. The predicted molar refractivity (Wildman–Crippen MR) is 153 cm³/mol. The van der Waals surface area contributed by atoms with Crippen LogP contribution in [0.4, 0.5) is 20.2 Å². The first-order valence-corrected chi connectivity index (χ1v) is 15.8. The van der Waals surface area contributed by atoms with Gasteiger partial charge in [-0.2, -0.15) is 0 Å². The monoisotopic (exact) mass is 585 g/mol. The Morgan fingerprint density at radius 3 is 2.59 bits per heavy atom. The smallest absolute Gasteiger partial charge is 0.238 e. The van der Waals surface area contributed by atoms with Crippen LogP contribution in [0.1, 0.15) is 44.1 Å². The van der Waals surface area contributed by atoms with E-state index in [9.17, 15) is 17.6 Å². The molecule has 2 aliphatic heterocycles. The number of piperidine rings is 1. The van der Waals surface area contributed by atoms with Crippen LogP contribution < -0.4 is 14.4 Å². The summed E-state index contributed by atoms with van der Waals surface area (Å²) in [6.45, 7) is 2.43. The predicted octanol–water partition coefficient (Wildman–Crippen LogP) is 4.41. The van der Waals surface area contributed by atoms with Gasteiger partial charge in [-0.25, -0.2) is 22.2 Å². The molecule has 1 saturated carbocycles. The first-order chi connectivity index (χ1) is 19.6. The maximum Gasteiger partial charge on any atom is 0.238 e. The molecule has 0 unspecified atom stereocenters. The maximum atomic E-state index is 15.5. The van der Waals surface area contributed by atoms with Crippen molar-refractivity contribution in [3.05, 3.63) is 42.0 Å². The summed E-state index contributed by atoms with van der Waals surface area (Å²) < 4.78 is 61.5. The lowest BCUT2D eigenvalue weighted by atomic mass is 9.64. The molecule has 41 heavy (non-hydrogen) atoms. The van der Waals surface area contributed by atoms with Crippen LogP contribution in [-0.2, 0) is 20.2 Å². The van der Waals surface area contributed by atoms with E-state index < -0.39 is 27.4 Å². The molecule has 4 heterocycles. The molecule has 1 aromatic carbocycles. The molecular weight excluding hydrogens is 552 g/mol. The van der Waals surface area contributed by atoms with Crippen LogP contribution in [0.3, 0.4) is 0 Å². The van der Waals surface area contributed by atoms with Crippen molar-refractivity contribution in [1.29, 1.82) is 0 Å². The number of likely N-dealkylation sites (tertiary alicyclic amines) is 1. The van der Waals surface area contributed by atoms with Gasteiger partial charge in [0.2, 0.25) is 21.8 Å². The Morgan fingerprint density at radius 2 is 1.90 bits per heavy atom. The third kappa shape index (κ3) is 5.12. The summed E-state index contributed by atoms with van der Waals surface area (Å²) in [5.74, 6) is -0.414. The van der Waals surface area contributed by atoms with Crippen LogP contribution in [0, 0.1) is 5.82 Å². The van der Waals surface area contributed by atoms with Crippen molar-refractivity contribution in [2.45, 2.75) is 50.1 Å². The number of halogens is 2. The Balaban J connectivity index is 1.31. The van der Waals surface area contributed by atoms with Gasteiger partial charge in [-0.1, -0.05) is 6.42 Å². The summed E-state index contributed by atoms with van der Waals surface area (Å²) in [6, 6.07) is 4.54. The van der Waals surface area contributed by atoms with E-state index in [0.717, 1.165) is 43.3 Å². The van der Waals surface area contributed by atoms with Crippen LogP contribution >= 0.6 is 0 Å². The molecule has 2 fully saturated rings. The Morgan fingerprint density at radius 1 is 1.15 bits per heavy atom. The highest BCUT2D eigenvalue weighted by Gasteiger charge is 2.54. The van der Waals surface area contributed by atoms with Crippen molar-refractivity contribution >= 4 is 38.2 Å². The number of likely N-dealkylation sites (N-methyl/N-ethyl adjacent to an activating group) is 1. The van der Waals surface area contributed by atoms with Gasteiger partial charge in [0.05, 0.1) is 35.7 Å². The van der Waals surface area contributed by atoms with E-state index in [1.807, 2.05) is 0 Å². The number of sulfonamides is 1. The topological polar surface area (TPSA) is 105 Å². The zero-order valence-corrected chi connectivity index (χ0v) is 23.9. The number of carbonyl (C=O) groups is 1. The molecule has 0 bridgehead atoms. The number of anilines is 2. The van der Waals surface area contributed by atoms with Crippen molar-refractivity contribution in [3.8, 4) is 17.0 Å². The Hall–Kier alpha value is -3.38. The van der Waals surface area contributed by atoms with Gasteiger partial charge in [-0.05, 0) is 44.2 Å². The number of pyridine rings is 2. The number of rotatable bonds is 8. The highest BCUT2D eigenvalue weighted by molar-refractivity contribution is 7.92. The second kappa shape index (κ2) is 10.5. The van der Waals surface area contributed by atoms with Gasteiger partial charge in [0.25, 0.3) is 0 Å². The number of ether oxygens (including phenoxy) is 1. The molecule has 3 aromatic rings. The second-order valence-corrected chi connectivity index (χ2v) is 13.1. The molecule has 2 aromatic heterocycles. The van der Waals surface area contributed by atoms with E-state index in [0.29, 0.717) is 48.8 Å². The number of hydrogen-bond donors (Lipinski definition) is 1. The highest BCUT2D eigenvalue weighted by atomic mass is 32.2. The average molecular weight is 586 g/mol. The second-order valence-electron chi connectivity index (χ2n) is 11.3. The summed E-state index contributed by atoms with van der Waals surface area (Å²) in [7, 11) is -1.95. The van der Waals surface area contributed by atoms with Crippen LogP contribution in [-0.4, -0.2) is 74.9 Å². The number of alkyl halides is 1. The number of fused-ring (bicyclic) bond motifs is 4. The summed E-state index contributed by atoms with van der Waals surface area (Å²) >= 11 is 0. The fraction of sp³-hybridized carbons (Fsp3) is 0.483. The third-order valence-corrected chi connectivity index (χ3v) is 9.12. The molecule has 6 rings (SSSR count). The minimum atomic E-state index is -3.69. The maximum absolute atomic E-state index is 15.5. The molecule has 218 valence electrons. The minimum absolute atomic E-state index is 0.0358. The summed E-state index contributed by atoms with van der Waals surface area (Å²) in [5, 5.41) is 0.700. The first kappa shape index (κ1) is 27.8. The quantitative estimate of drug-likeness (QED) is 0.391. The fourth-order valence-electron chi connectivity index (χ4n) is 6.28. The molecule has 0 radical (unpaired) electrons. The van der Waals surface area contributed by atoms with E-state index in [4.69, 9.17) is 4.74 Å². The van der Waals surface area contributed by atoms with Gasteiger partial charge in [0.15, 0.2) is 0 Å². The average Bonchev–Trinajstić information content (AvgIpc) is 3.14. The summed E-state index contributed by atoms with van der Waals surface area (Å²) in [4.78, 5) is 25.8. The number of nitrogens with zero attached hydrogens (tertiary/aromatic N) is 4. The lowest BCUT2D eigenvalue weighted by Crippen LogP contribution is -2.43. The van der Waals surface area contributed by atoms with E-state index in [1.165, 1.54) is 18.3 Å². The Kier molecular flexibility index (Phi) is 7.09. The minimum Gasteiger partial charge on any atom is -0.476 e. The van der Waals surface area contributed by atoms with E-state index in [1.54, 1.807) is 24.2 Å². The number of hydrogen-bond acceptors (Lipinski definition) is 7. The molecule has 1 saturated heterocycles. The lowest BCUT2D eigenvalue weighted by molar-refractivity contribution is -0.125. The van der Waals surface area contributed by atoms with E-state index in [-0.39, 0.29) is 29.6 Å². The van der Waals surface area contributed by atoms with Gasteiger partial charge < -0.3 is 14.5 Å². The van der Waals surface area contributed by atoms with Crippen molar-refractivity contribution in [1.82, 2.24) is 14.9 Å². The Bertz CT molecular complexity index is 1620. The normalized spacial score (nSPS) is 19.0. The molecule has 12 heteroatoms. The number of aromatic nitrogens is 2. The van der Waals surface area contributed by atoms with Gasteiger partial charge in [-0.15, -0.1) is 0 Å². The number of carbonyl (C=O) groups excluding carboxylic acids is 1. The summed E-state index contributed by atoms with van der Waals surface area (Å²) in [6.07, 6.45) is 7.51. The molecule has 1 amide bonds. The van der Waals surface area contributed by atoms with Gasteiger partial charge in [0, 0.05) is 61.0 Å². The molecule has 1 N–H and O–H groups in total. The third-order valence-electron chi connectivity index (χ3n) is 8.53. The molecule has 0 atom stereocenters. The van der Waals surface area contributed by atoms with E-state index in [2.05, 4.69) is 19.6 Å². The van der Waals surface area contributed by atoms with Crippen molar-refractivity contribution < 1.29 is 26.7 Å². The summed E-state index contributed by atoms with van der Waals surface area (Å²) in [5.41, 5.74) is 2.13. The van der Waals surface area contributed by atoms with Crippen molar-refractivity contribution in [2.24, 2.45) is 0 Å². The first-order valence-electron chi connectivity index (χ1n) is 13.9. The Labute approximate surface area is 238 Å². The van der Waals surface area contributed by atoms with Crippen molar-refractivity contribution in [3.63, 3.8) is 0 Å². The molecular formula is C29H33F2N5O4S. The number of amides is 1. The van der Waals surface area contributed by atoms with Crippen molar-refractivity contribution in [2.75, 3.05) is 49.2 Å². The standard InChI is InChI=1S/C29H33F2N5O4S/c1-35-25-17-32-23-15-22(31)20(14-21(23)26(25)29(28(35)37)7-3-8-29)18-13-24(34-41(2,38)39)27(33-16-18)40-12-4-9-36-10-5-19(30)6-11-36/h13-17,19,34H,3-12H2,1-2H3.